The Hall–Kier alpha value is -3.55. The molecule has 2 fully saturated rings. The molecule has 5 N–H and O–H groups in total. The Morgan fingerprint density at radius 1 is 1.03 bits per heavy atom. The molecule has 214 valence electrons. The summed E-state index contributed by atoms with van der Waals surface area (Å²) in [5.74, 6) is -3.29. The van der Waals surface area contributed by atoms with Crippen molar-refractivity contribution >= 4 is 29.7 Å². The van der Waals surface area contributed by atoms with Crippen LogP contribution < -0.4 is 16.0 Å². The molecule has 0 aliphatic carbocycles. The van der Waals surface area contributed by atoms with Gasteiger partial charge in [0, 0.05) is 12.5 Å². The van der Waals surface area contributed by atoms with Gasteiger partial charge in [-0.1, -0.05) is 30.3 Å². The van der Waals surface area contributed by atoms with Crippen LogP contribution in [0, 0.1) is 5.92 Å². The smallest absolute Gasteiger partial charge is 0.407 e. The molecule has 1 aromatic carbocycles. The Morgan fingerprint density at radius 3 is 2.41 bits per heavy atom. The van der Waals surface area contributed by atoms with E-state index in [1.807, 2.05) is 30.3 Å². The van der Waals surface area contributed by atoms with E-state index in [-0.39, 0.29) is 19.6 Å². The van der Waals surface area contributed by atoms with Crippen molar-refractivity contribution in [3.05, 3.63) is 35.9 Å². The van der Waals surface area contributed by atoms with Gasteiger partial charge in [-0.2, -0.15) is 0 Å². The molecule has 0 radical (unpaired) electrons. The van der Waals surface area contributed by atoms with Crippen molar-refractivity contribution in [1.29, 1.82) is 0 Å². The number of nitrogens with zero attached hydrogens (tertiary/aromatic N) is 1. The van der Waals surface area contributed by atoms with Crippen LogP contribution >= 0.6 is 0 Å². The third kappa shape index (κ3) is 7.74. The Morgan fingerprint density at radius 2 is 1.74 bits per heavy atom. The van der Waals surface area contributed by atoms with Gasteiger partial charge in [-0.15, -0.1) is 0 Å². The van der Waals surface area contributed by atoms with E-state index in [0.29, 0.717) is 25.9 Å². The average Bonchev–Trinajstić information content (AvgIpc) is 3.64. The largest absolute Gasteiger partial charge is 0.459 e. The maximum atomic E-state index is 13.5. The lowest BCUT2D eigenvalue weighted by Crippen LogP contribution is -2.57. The summed E-state index contributed by atoms with van der Waals surface area (Å²) < 4.78 is 10.1. The molecule has 39 heavy (non-hydrogen) atoms. The highest BCUT2D eigenvalue weighted by Gasteiger charge is 2.45. The normalized spacial score (nSPS) is 22.0. The molecular formula is C26H36N4O9. The van der Waals surface area contributed by atoms with E-state index < -0.39 is 73.0 Å². The molecule has 13 nitrogen and oxygen atoms in total. The third-order valence-electron chi connectivity index (χ3n) is 6.79. The van der Waals surface area contributed by atoms with Gasteiger partial charge >= 0.3 is 12.1 Å². The van der Waals surface area contributed by atoms with Crippen molar-refractivity contribution in [2.24, 2.45) is 5.92 Å². The first-order valence-electron chi connectivity index (χ1n) is 13.0. The van der Waals surface area contributed by atoms with Gasteiger partial charge in [-0.3, -0.25) is 14.4 Å². The van der Waals surface area contributed by atoms with Gasteiger partial charge in [0.15, 0.2) is 5.78 Å². The number of nitrogens with one attached hydrogen (secondary N) is 3. The van der Waals surface area contributed by atoms with Crippen molar-refractivity contribution < 1.29 is 43.7 Å². The number of hydrogen-bond donors (Lipinski definition) is 5. The number of esters is 1. The molecule has 2 saturated heterocycles. The lowest BCUT2D eigenvalue weighted by molar-refractivity contribution is -0.155. The van der Waals surface area contributed by atoms with Crippen LogP contribution in [0.4, 0.5) is 4.79 Å². The molecule has 3 rings (SSSR count). The van der Waals surface area contributed by atoms with E-state index in [1.165, 1.54) is 4.90 Å². The lowest BCUT2D eigenvalue weighted by Gasteiger charge is -2.29. The van der Waals surface area contributed by atoms with Crippen molar-refractivity contribution in [3.63, 3.8) is 0 Å². The topological polar surface area (TPSA) is 184 Å². The SMILES string of the molecule is CCOC(=O)N[C@@H](CO)C(=O)N[C@@H](CO)C(=O)C1CCN[C@@H]1C(=O)N1CCC[C@H]1C(=O)OCc1ccccc1. The van der Waals surface area contributed by atoms with Crippen LogP contribution in [-0.4, -0.2) is 102 Å². The predicted molar refractivity (Wildman–Crippen MR) is 136 cm³/mol. The van der Waals surface area contributed by atoms with Gasteiger partial charge in [0.05, 0.1) is 25.9 Å². The summed E-state index contributed by atoms with van der Waals surface area (Å²) in [4.78, 5) is 65.2. The monoisotopic (exact) mass is 548 g/mol. The van der Waals surface area contributed by atoms with E-state index in [2.05, 4.69) is 16.0 Å². The van der Waals surface area contributed by atoms with E-state index in [1.54, 1.807) is 6.92 Å². The molecule has 1 unspecified atom stereocenters. The fourth-order valence-electron chi connectivity index (χ4n) is 4.79. The first-order chi connectivity index (χ1) is 18.8. The van der Waals surface area contributed by atoms with Crippen LogP contribution in [0.1, 0.15) is 31.7 Å². The molecule has 2 aliphatic rings. The van der Waals surface area contributed by atoms with E-state index >= 15 is 0 Å². The number of carbonyl (C=O) groups is 5. The number of hydrogen-bond acceptors (Lipinski definition) is 10. The van der Waals surface area contributed by atoms with Crippen molar-refractivity contribution in [2.75, 3.05) is 32.9 Å². The first-order valence-corrected chi connectivity index (χ1v) is 13.0. The highest BCUT2D eigenvalue weighted by atomic mass is 16.5. The Bertz CT molecular complexity index is 1020. The number of likely N-dealkylation sites (tertiary alicyclic amines) is 1. The second-order valence-corrected chi connectivity index (χ2v) is 9.36. The number of aliphatic hydroxyl groups excluding tert-OH is 2. The number of carbonyl (C=O) groups excluding carboxylic acids is 5. The Kier molecular flexibility index (Phi) is 11.2. The number of benzene rings is 1. The zero-order valence-corrected chi connectivity index (χ0v) is 21.8. The van der Waals surface area contributed by atoms with Gasteiger partial charge in [0.2, 0.25) is 11.8 Å². The highest BCUT2D eigenvalue weighted by Crippen LogP contribution is 2.26. The maximum absolute atomic E-state index is 13.5. The molecular weight excluding hydrogens is 512 g/mol. The van der Waals surface area contributed by atoms with Crippen molar-refractivity contribution in [2.45, 2.75) is 57.0 Å². The van der Waals surface area contributed by atoms with Crippen molar-refractivity contribution in [1.82, 2.24) is 20.9 Å². The summed E-state index contributed by atoms with van der Waals surface area (Å²) in [5, 5.41) is 26.8. The minimum Gasteiger partial charge on any atom is -0.459 e. The van der Waals surface area contributed by atoms with Gasteiger partial charge in [-0.25, -0.2) is 9.59 Å². The summed E-state index contributed by atoms with van der Waals surface area (Å²) in [6, 6.07) is 4.68. The first kappa shape index (κ1) is 30.0. The number of amides is 3. The lowest BCUT2D eigenvalue weighted by atomic mass is 9.90. The summed E-state index contributed by atoms with van der Waals surface area (Å²) >= 11 is 0. The standard InChI is InChI=1S/C26H36N4O9/c1-2-38-26(37)29-19(14-32)23(34)28-18(13-31)22(33)17-10-11-27-21(17)24(35)30-12-6-9-20(30)25(36)39-15-16-7-4-3-5-8-16/h3-5,7-8,17-21,27,31-32H,2,6,9-15H2,1H3,(H,28,34)(H,29,37)/t17?,18-,19-,20-,21-/m0/s1. The second-order valence-electron chi connectivity index (χ2n) is 9.36. The highest BCUT2D eigenvalue weighted by molar-refractivity contribution is 5.98. The maximum Gasteiger partial charge on any atom is 0.407 e. The van der Waals surface area contributed by atoms with Gasteiger partial charge < -0.3 is 40.5 Å². The second kappa shape index (κ2) is 14.6. The number of rotatable bonds is 12. The quantitative estimate of drug-likeness (QED) is 0.200. The Labute approximate surface area is 226 Å². The van der Waals surface area contributed by atoms with Crippen LogP contribution in [0.3, 0.4) is 0 Å². The molecule has 2 aliphatic heterocycles. The molecule has 0 bridgehead atoms. The molecule has 3 amide bonds. The van der Waals surface area contributed by atoms with E-state index in [4.69, 9.17) is 9.47 Å². The molecule has 0 saturated carbocycles. The van der Waals surface area contributed by atoms with Crippen molar-refractivity contribution in [3.8, 4) is 0 Å². The zero-order valence-electron chi connectivity index (χ0n) is 21.8. The molecule has 1 aromatic rings. The molecule has 2 heterocycles. The number of aliphatic hydroxyl groups is 2. The summed E-state index contributed by atoms with van der Waals surface area (Å²) in [5.41, 5.74) is 0.822. The number of alkyl carbamates (subject to hydrolysis) is 1. The average molecular weight is 549 g/mol. The minimum atomic E-state index is -1.41. The fraction of sp³-hybridized carbons (Fsp3) is 0.577. The van der Waals surface area contributed by atoms with E-state index in [0.717, 1.165) is 5.56 Å². The van der Waals surface area contributed by atoms with Crippen LogP contribution in [0.5, 0.6) is 0 Å². The summed E-state index contributed by atoms with van der Waals surface area (Å²) in [7, 11) is 0. The number of ether oxygens (including phenoxy) is 2. The van der Waals surface area contributed by atoms with Crippen LogP contribution in [-0.2, 0) is 35.3 Å². The predicted octanol–water partition coefficient (Wildman–Crippen LogP) is -1.15. The fourth-order valence-corrected chi connectivity index (χ4v) is 4.79. The molecule has 0 spiro atoms. The Balaban J connectivity index is 1.62. The van der Waals surface area contributed by atoms with Gasteiger partial charge in [-0.05, 0) is 38.3 Å². The zero-order chi connectivity index (χ0) is 28.4. The number of Topliss-reactive ketones (excluding diaryl/α,β-unsaturated/α-hetero) is 1. The molecule has 5 atom stereocenters. The van der Waals surface area contributed by atoms with E-state index in [9.17, 15) is 34.2 Å². The summed E-state index contributed by atoms with van der Waals surface area (Å²) in [6.45, 7) is 0.867. The van der Waals surface area contributed by atoms with Gasteiger partial charge in [0.1, 0.15) is 24.7 Å². The number of ketones is 1. The van der Waals surface area contributed by atoms with Crippen LogP contribution in [0.15, 0.2) is 30.3 Å². The third-order valence-corrected chi connectivity index (χ3v) is 6.79. The van der Waals surface area contributed by atoms with Gasteiger partial charge in [0.25, 0.3) is 0 Å². The van der Waals surface area contributed by atoms with Crippen LogP contribution in [0.2, 0.25) is 0 Å². The summed E-state index contributed by atoms with van der Waals surface area (Å²) in [6.07, 6.45) is 0.402. The van der Waals surface area contributed by atoms with Crippen LogP contribution in [0.25, 0.3) is 0 Å². The minimum absolute atomic E-state index is 0.0517. The molecule has 13 heteroatoms. The molecule has 0 aromatic heterocycles.